The summed E-state index contributed by atoms with van der Waals surface area (Å²) in [5.41, 5.74) is -1.17. The maximum absolute atomic E-state index is 12.5. The molecule has 8 nitrogen and oxygen atoms in total. The van der Waals surface area contributed by atoms with Gasteiger partial charge < -0.3 is 14.7 Å². The molecule has 2 rings (SSSR count). The molecular weight excluding hydrogens is 450 g/mol. The van der Waals surface area contributed by atoms with Crippen LogP contribution in [0.5, 0.6) is 5.75 Å². The summed E-state index contributed by atoms with van der Waals surface area (Å²) < 4.78 is 42.2. The van der Waals surface area contributed by atoms with Crippen molar-refractivity contribution in [3.05, 3.63) is 40.0 Å². The molecule has 0 bridgehead atoms. The quantitative estimate of drug-likeness (QED) is 0.391. The Bertz CT molecular complexity index is 1060. The summed E-state index contributed by atoms with van der Waals surface area (Å²) in [5.74, 6) is -2.28. The number of alkyl halides is 3. The molecule has 0 atom stereocenters. The summed E-state index contributed by atoms with van der Waals surface area (Å²) in [6.07, 6.45) is -3.68. The third kappa shape index (κ3) is 5.03. The minimum absolute atomic E-state index is 0.139. The van der Waals surface area contributed by atoms with Crippen molar-refractivity contribution < 1.29 is 27.8 Å². The summed E-state index contributed by atoms with van der Waals surface area (Å²) in [6, 6.07) is 3.41. The summed E-state index contributed by atoms with van der Waals surface area (Å²) in [7, 11) is 3.26. The number of benzene rings is 1. The van der Waals surface area contributed by atoms with Gasteiger partial charge in [-0.05, 0) is 0 Å². The van der Waals surface area contributed by atoms with E-state index in [1.165, 1.54) is 11.2 Å². The normalized spacial score (nSPS) is 11.4. The van der Waals surface area contributed by atoms with Gasteiger partial charge in [0.1, 0.15) is 17.5 Å². The van der Waals surface area contributed by atoms with Crippen LogP contribution in [0.1, 0.15) is 11.3 Å². The van der Waals surface area contributed by atoms with Crippen LogP contribution in [-0.2, 0) is 4.79 Å². The van der Waals surface area contributed by atoms with Crippen LogP contribution in [0.15, 0.2) is 23.7 Å². The van der Waals surface area contributed by atoms with E-state index in [0.29, 0.717) is 0 Å². The summed E-state index contributed by atoms with van der Waals surface area (Å²) in [5, 5.41) is 22.0. The second-order valence-electron chi connectivity index (χ2n) is 5.85. The number of carboxylic acids is 1. The lowest BCUT2D eigenvalue weighted by Gasteiger charge is -2.14. The van der Waals surface area contributed by atoms with Crippen LogP contribution in [0.3, 0.4) is 0 Å². The Kier molecular flexibility index (Phi) is 6.64. The molecule has 0 aliphatic rings. The molecule has 0 unspecified atom stereocenters. The number of nitrogens with zero attached hydrogens (tertiary/aromatic N) is 5. The predicted octanol–water partition coefficient (Wildman–Crippen LogP) is 4.27. The summed E-state index contributed by atoms with van der Waals surface area (Å²) in [6.45, 7) is 3.42. The van der Waals surface area contributed by atoms with Crippen LogP contribution in [0.4, 0.5) is 19.0 Å². The highest BCUT2D eigenvalue weighted by atomic mass is 35.5. The number of aromatic nitrogens is 2. The van der Waals surface area contributed by atoms with Gasteiger partial charge in [0.2, 0.25) is 0 Å². The van der Waals surface area contributed by atoms with Crippen LogP contribution in [-0.4, -0.2) is 52.6 Å². The molecule has 0 aliphatic carbocycles. The number of aliphatic carboxylic acids is 1. The lowest BCUT2D eigenvalue weighted by atomic mass is 10.1. The highest BCUT2D eigenvalue weighted by molar-refractivity contribution is 6.38. The Labute approximate surface area is 178 Å². The minimum atomic E-state index is -4.97. The smallest absolute Gasteiger partial charge is 0.478 e. The molecular formula is C17H12Cl2F3N5O3. The van der Waals surface area contributed by atoms with Crippen molar-refractivity contribution in [2.24, 2.45) is 4.99 Å². The molecule has 158 valence electrons. The molecule has 1 heterocycles. The van der Waals surface area contributed by atoms with E-state index in [-0.39, 0.29) is 32.8 Å². The number of rotatable bonds is 6. The molecule has 1 aromatic heterocycles. The minimum Gasteiger partial charge on any atom is -0.478 e. The largest absolute Gasteiger partial charge is 0.573 e. The van der Waals surface area contributed by atoms with Gasteiger partial charge in [0.05, 0.1) is 27.5 Å². The second kappa shape index (κ2) is 8.64. The lowest BCUT2D eigenvalue weighted by Crippen LogP contribution is -2.17. The third-order valence-corrected chi connectivity index (χ3v) is 3.95. The van der Waals surface area contributed by atoms with E-state index in [4.69, 9.17) is 23.2 Å². The van der Waals surface area contributed by atoms with E-state index in [0.717, 1.165) is 16.8 Å². The van der Waals surface area contributed by atoms with Crippen molar-refractivity contribution in [3.8, 4) is 17.5 Å². The van der Waals surface area contributed by atoms with Gasteiger partial charge in [-0.1, -0.05) is 29.8 Å². The molecule has 0 saturated heterocycles. The number of hydrogen-bond donors (Lipinski definition) is 1. The third-order valence-electron chi connectivity index (χ3n) is 3.37. The molecule has 0 spiro atoms. The highest BCUT2D eigenvalue weighted by Crippen LogP contribution is 2.39. The Balaban J connectivity index is 2.80. The maximum Gasteiger partial charge on any atom is 0.573 e. The van der Waals surface area contributed by atoms with Gasteiger partial charge in [0.25, 0.3) is 0 Å². The van der Waals surface area contributed by atoms with Crippen LogP contribution in [0, 0.1) is 11.3 Å². The van der Waals surface area contributed by atoms with Crippen molar-refractivity contribution in [1.82, 2.24) is 14.7 Å². The number of ether oxygens (including phenoxy) is 1. The lowest BCUT2D eigenvalue weighted by molar-refractivity contribution is -0.274. The molecule has 0 fully saturated rings. The number of aliphatic imine (C=N–C) groups is 1. The number of carboxylic acid groups (broad SMARTS) is 1. The van der Waals surface area contributed by atoms with Crippen molar-refractivity contribution in [3.63, 3.8) is 0 Å². The van der Waals surface area contributed by atoms with Gasteiger partial charge in [-0.3, -0.25) is 0 Å². The highest BCUT2D eigenvalue weighted by Gasteiger charge is 2.32. The van der Waals surface area contributed by atoms with Crippen molar-refractivity contribution in [2.75, 3.05) is 14.1 Å². The van der Waals surface area contributed by atoms with Crippen LogP contribution < -0.4 is 4.74 Å². The Morgan fingerprint density at radius 1 is 1.40 bits per heavy atom. The average molecular weight is 462 g/mol. The van der Waals surface area contributed by atoms with Crippen LogP contribution in [0.25, 0.3) is 11.3 Å². The van der Waals surface area contributed by atoms with Gasteiger partial charge >= 0.3 is 12.3 Å². The molecule has 2 aromatic rings. The molecule has 0 aliphatic heterocycles. The van der Waals surface area contributed by atoms with Crippen LogP contribution >= 0.6 is 23.2 Å². The predicted molar refractivity (Wildman–Crippen MR) is 103 cm³/mol. The van der Waals surface area contributed by atoms with Crippen molar-refractivity contribution in [1.29, 1.82) is 5.26 Å². The second-order valence-corrected chi connectivity index (χ2v) is 6.66. The number of carbonyl (C=O) groups is 1. The standard InChI is InChI=1S/C17H12Cl2F3N5O3/c1-8(16(28)29)13-12(6-23)25-27(15(13)24-7-26(2)3)14-10(18)4-9(5-11(14)19)30-17(20,21)22/h4-5,7H,1H2,2-3H3,(H,28,29). The first-order valence-electron chi connectivity index (χ1n) is 7.77. The Morgan fingerprint density at radius 2 is 1.97 bits per heavy atom. The Morgan fingerprint density at radius 3 is 2.40 bits per heavy atom. The van der Waals surface area contributed by atoms with Crippen molar-refractivity contribution >= 4 is 46.9 Å². The molecule has 0 radical (unpaired) electrons. The molecule has 0 saturated carbocycles. The fourth-order valence-electron chi connectivity index (χ4n) is 2.25. The van der Waals surface area contributed by atoms with E-state index in [1.54, 1.807) is 20.2 Å². The maximum atomic E-state index is 12.5. The summed E-state index contributed by atoms with van der Waals surface area (Å²) in [4.78, 5) is 17.1. The monoisotopic (exact) mass is 461 g/mol. The average Bonchev–Trinajstić information content (AvgIpc) is 2.95. The van der Waals surface area contributed by atoms with Gasteiger partial charge in [-0.2, -0.15) is 10.4 Å². The fourth-order valence-corrected chi connectivity index (χ4v) is 2.88. The van der Waals surface area contributed by atoms with Crippen molar-refractivity contribution in [2.45, 2.75) is 6.36 Å². The first kappa shape index (κ1) is 23.1. The van der Waals surface area contributed by atoms with E-state index in [2.05, 4.69) is 21.4 Å². The molecule has 1 aromatic carbocycles. The molecule has 13 heteroatoms. The first-order chi connectivity index (χ1) is 13.9. The van der Waals surface area contributed by atoms with E-state index >= 15 is 0 Å². The number of hydrogen-bond acceptors (Lipinski definition) is 5. The zero-order chi connectivity index (χ0) is 22.8. The molecule has 0 amide bonds. The number of nitriles is 1. The SMILES string of the molecule is C=C(C(=O)O)c1c(C#N)nn(-c2c(Cl)cc(OC(F)(F)F)cc2Cl)c1N=CN(C)C. The summed E-state index contributed by atoms with van der Waals surface area (Å²) >= 11 is 12.2. The molecule has 1 N–H and O–H groups in total. The number of halogens is 5. The van der Waals surface area contributed by atoms with E-state index in [1.807, 2.05) is 0 Å². The van der Waals surface area contributed by atoms with Gasteiger partial charge in [-0.15, -0.1) is 13.2 Å². The topological polar surface area (TPSA) is 104 Å². The first-order valence-corrected chi connectivity index (χ1v) is 8.52. The Hall–Kier alpha value is -3.23. The van der Waals surface area contributed by atoms with Gasteiger partial charge in [0.15, 0.2) is 11.5 Å². The van der Waals surface area contributed by atoms with E-state index < -0.39 is 23.7 Å². The van der Waals surface area contributed by atoms with Crippen LogP contribution in [0.2, 0.25) is 10.0 Å². The zero-order valence-corrected chi connectivity index (χ0v) is 16.8. The molecule has 30 heavy (non-hydrogen) atoms. The van der Waals surface area contributed by atoms with Gasteiger partial charge in [0, 0.05) is 26.2 Å². The van der Waals surface area contributed by atoms with E-state index in [9.17, 15) is 28.3 Å². The zero-order valence-electron chi connectivity index (χ0n) is 15.3. The fraction of sp³-hybridized carbons (Fsp3) is 0.176. The van der Waals surface area contributed by atoms with Gasteiger partial charge in [-0.25, -0.2) is 14.5 Å².